The van der Waals surface area contributed by atoms with Crippen LogP contribution in [0.15, 0.2) is 48.5 Å². The zero-order valence-electron chi connectivity index (χ0n) is 9.70. The fourth-order valence-corrected chi connectivity index (χ4v) is 3.40. The first kappa shape index (κ1) is 11.0. The number of aryl methyl sites for hydroxylation is 1. The number of fused-ring (bicyclic) bond motifs is 2. The molecule has 0 bridgehead atoms. The second kappa shape index (κ2) is 4.30. The van der Waals surface area contributed by atoms with Crippen LogP contribution in [0.25, 0.3) is 21.5 Å². The van der Waals surface area contributed by atoms with Gasteiger partial charge in [-0.05, 0) is 39.6 Å². The zero-order chi connectivity index (χ0) is 11.8. The molecule has 0 saturated heterocycles. The van der Waals surface area contributed by atoms with E-state index >= 15 is 0 Å². The van der Waals surface area contributed by atoms with Crippen molar-refractivity contribution in [3.8, 4) is 0 Å². The Kier molecular flexibility index (Phi) is 2.79. The molecule has 0 aliphatic carbocycles. The Bertz CT molecular complexity index is 641. The molecule has 3 rings (SSSR count). The molecule has 17 heavy (non-hydrogen) atoms. The molecule has 0 aliphatic rings. The lowest BCUT2D eigenvalue weighted by molar-refractivity contribution is 1.51. The molecule has 84 valence electrons. The first-order valence-electron chi connectivity index (χ1n) is 5.78. The molecule has 0 atom stereocenters. The lowest BCUT2D eigenvalue weighted by Crippen LogP contribution is -1.89. The normalized spacial score (nSPS) is 11.2. The van der Waals surface area contributed by atoms with Crippen molar-refractivity contribution in [1.82, 2.24) is 0 Å². The average Bonchev–Trinajstić information content (AvgIpc) is 2.40. The van der Waals surface area contributed by atoms with E-state index in [-0.39, 0.29) is 0 Å². The maximum atomic E-state index is 2.46. The van der Waals surface area contributed by atoms with Crippen LogP contribution in [0.4, 0.5) is 0 Å². The number of hydrogen-bond acceptors (Lipinski definition) is 0. The smallest absolute Gasteiger partial charge is 0.0259 e. The fourth-order valence-electron chi connectivity index (χ4n) is 2.58. The number of alkyl halides is 1. The molecule has 0 nitrogen and oxygen atoms in total. The summed E-state index contributed by atoms with van der Waals surface area (Å²) in [6, 6.07) is 17.5. The predicted octanol–water partition coefficient (Wildman–Crippen LogP) is 5.24. The molecule has 0 radical (unpaired) electrons. The predicted molar refractivity (Wildman–Crippen MR) is 83.9 cm³/mol. The van der Waals surface area contributed by atoms with Crippen LogP contribution < -0.4 is 0 Å². The molecule has 0 heterocycles. The fraction of sp³-hybridized carbons (Fsp3) is 0.125. The summed E-state index contributed by atoms with van der Waals surface area (Å²) in [5.74, 6) is 0. The summed E-state index contributed by atoms with van der Waals surface area (Å²) in [5, 5.41) is 5.58. The van der Waals surface area contributed by atoms with Crippen LogP contribution in [0.3, 0.4) is 0 Å². The lowest BCUT2D eigenvalue weighted by Gasteiger charge is -2.12. The van der Waals surface area contributed by atoms with E-state index in [9.17, 15) is 0 Å². The Hall–Kier alpha value is -1.09. The maximum absolute atomic E-state index is 2.46. The van der Waals surface area contributed by atoms with Crippen molar-refractivity contribution in [3.63, 3.8) is 0 Å². The monoisotopic (exact) mass is 332 g/mol. The van der Waals surface area contributed by atoms with Gasteiger partial charge in [0.2, 0.25) is 0 Å². The second-order valence-corrected chi connectivity index (χ2v) is 5.09. The molecule has 3 aromatic rings. The topological polar surface area (TPSA) is 0 Å². The molecule has 0 spiro atoms. The molecule has 3 aromatic carbocycles. The van der Waals surface area contributed by atoms with Crippen LogP contribution in [0.1, 0.15) is 11.1 Å². The highest BCUT2D eigenvalue weighted by atomic mass is 127. The van der Waals surface area contributed by atoms with Crippen molar-refractivity contribution in [3.05, 3.63) is 59.7 Å². The molecule has 0 N–H and O–H groups in total. The molecule has 1 heteroatoms. The Morgan fingerprint density at radius 1 is 0.765 bits per heavy atom. The van der Waals surface area contributed by atoms with Gasteiger partial charge in [0.1, 0.15) is 0 Å². The van der Waals surface area contributed by atoms with E-state index in [0.717, 1.165) is 4.43 Å². The molecule has 0 amide bonds. The van der Waals surface area contributed by atoms with Gasteiger partial charge in [-0.1, -0.05) is 71.1 Å². The summed E-state index contributed by atoms with van der Waals surface area (Å²) in [4.78, 5) is 0. The van der Waals surface area contributed by atoms with Crippen LogP contribution >= 0.6 is 22.6 Å². The number of halogens is 1. The average molecular weight is 332 g/mol. The third kappa shape index (κ3) is 1.64. The highest BCUT2D eigenvalue weighted by Gasteiger charge is 2.09. The van der Waals surface area contributed by atoms with Crippen molar-refractivity contribution in [1.29, 1.82) is 0 Å². The van der Waals surface area contributed by atoms with E-state index in [2.05, 4.69) is 78.0 Å². The summed E-state index contributed by atoms with van der Waals surface area (Å²) in [6.07, 6.45) is 0. The molecular formula is C16H13I. The van der Waals surface area contributed by atoms with E-state index < -0.39 is 0 Å². The summed E-state index contributed by atoms with van der Waals surface area (Å²) in [7, 11) is 0. The van der Waals surface area contributed by atoms with Gasteiger partial charge in [-0.2, -0.15) is 0 Å². The summed E-state index contributed by atoms with van der Waals surface area (Å²) in [6.45, 7) is 2.22. The van der Waals surface area contributed by atoms with Gasteiger partial charge in [-0.15, -0.1) is 0 Å². The molecular weight excluding hydrogens is 319 g/mol. The van der Waals surface area contributed by atoms with Gasteiger partial charge in [-0.3, -0.25) is 0 Å². The van der Waals surface area contributed by atoms with Crippen LogP contribution in [0, 0.1) is 6.92 Å². The van der Waals surface area contributed by atoms with E-state index in [0.29, 0.717) is 0 Å². The quantitative estimate of drug-likeness (QED) is 0.325. The third-order valence-corrected chi connectivity index (χ3v) is 4.21. The highest BCUT2D eigenvalue weighted by molar-refractivity contribution is 14.1. The van der Waals surface area contributed by atoms with Gasteiger partial charge in [0.25, 0.3) is 0 Å². The largest absolute Gasteiger partial charge is 0.0811 e. The van der Waals surface area contributed by atoms with Crippen LogP contribution in [0.2, 0.25) is 0 Å². The maximum Gasteiger partial charge on any atom is 0.0259 e. The second-order valence-electron chi connectivity index (χ2n) is 4.33. The number of rotatable bonds is 1. The lowest BCUT2D eigenvalue weighted by atomic mass is 9.93. The number of benzene rings is 3. The van der Waals surface area contributed by atoms with Gasteiger partial charge in [0.05, 0.1) is 0 Å². The minimum Gasteiger partial charge on any atom is -0.0811 e. The van der Waals surface area contributed by atoms with Crippen LogP contribution in [-0.4, -0.2) is 0 Å². The number of hydrogen-bond donors (Lipinski definition) is 0. The van der Waals surface area contributed by atoms with E-state index in [1.54, 1.807) is 0 Å². The van der Waals surface area contributed by atoms with E-state index in [4.69, 9.17) is 0 Å². The van der Waals surface area contributed by atoms with Crippen molar-refractivity contribution in [2.45, 2.75) is 11.4 Å². The van der Waals surface area contributed by atoms with Gasteiger partial charge in [0, 0.05) is 4.43 Å². The van der Waals surface area contributed by atoms with E-state index in [1.807, 2.05) is 0 Å². The Morgan fingerprint density at radius 2 is 1.18 bits per heavy atom. The molecule has 0 aliphatic heterocycles. The Labute approximate surface area is 115 Å². The molecule has 0 saturated carbocycles. The minimum atomic E-state index is 1.05. The van der Waals surface area contributed by atoms with Gasteiger partial charge in [-0.25, -0.2) is 0 Å². The molecule has 0 aromatic heterocycles. The third-order valence-electron chi connectivity index (χ3n) is 3.45. The van der Waals surface area contributed by atoms with Gasteiger partial charge >= 0.3 is 0 Å². The van der Waals surface area contributed by atoms with Gasteiger partial charge < -0.3 is 0 Å². The van der Waals surface area contributed by atoms with Crippen molar-refractivity contribution in [2.75, 3.05) is 0 Å². The Balaban J connectivity index is 2.63. The van der Waals surface area contributed by atoms with E-state index in [1.165, 1.54) is 32.7 Å². The van der Waals surface area contributed by atoms with Crippen LogP contribution in [0.5, 0.6) is 0 Å². The first-order chi connectivity index (χ1) is 8.33. The standard InChI is InChI=1S/C16H13I/c1-11-12-6-2-4-8-14(12)16(10-17)15-9-5-3-7-13(11)15/h2-9H,10H2,1H3. The summed E-state index contributed by atoms with van der Waals surface area (Å²) >= 11 is 2.46. The molecule has 0 fully saturated rings. The highest BCUT2D eigenvalue weighted by Crippen LogP contribution is 2.33. The molecule has 0 unspecified atom stereocenters. The SMILES string of the molecule is Cc1c2ccccc2c(CI)c2ccccc12. The van der Waals surface area contributed by atoms with Crippen molar-refractivity contribution >= 4 is 44.1 Å². The summed E-state index contributed by atoms with van der Waals surface area (Å²) in [5.41, 5.74) is 2.85. The minimum absolute atomic E-state index is 1.05. The van der Waals surface area contributed by atoms with Crippen molar-refractivity contribution < 1.29 is 0 Å². The van der Waals surface area contributed by atoms with Gasteiger partial charge in [0.15, 0.2) is 0 Å². The summed E-state index contributed by atoms with van der Waals surface area (Å²) < 4.78 is 1.05. The first-order valence-corrected chi connectivity index (χ1v) is 7.30. The van der Waals surface area contributed by atoms with Crippen molar-refractivity contribution in [2.24, 2.45) is 0 Å². The van der Waals surface area contributed by atoms with Crippen LogP contribution in [-0.2, 0) is 4.43 Å². The zero-order valence-corrected chi connectivity index (χ0v) is 11.9. The Morgan fingerprint density at radius 3 is 1.59 bits per heavy atom.